The summed E-state index contributed by atoms with van der Waals surface area (Å²) in [5.74, 6) is 0.101. The van der Waals surface area contributed by atoms with Crippen molar-refractivity contribution >= 4 is 33.0 Å². The maximum atomic E-state index is 12.0. The van der Waals surface area contributed by atoms with Gasteiger partial charge in [-0.15, -0.1) is 11.3 Å². The number of nitrogens with one attached hydrogen (secondary N) is 1. The first-order valence-corrected chi connectivity index (χ1v) is 8.36. The second kappa shape index (κ2) is 6.25. The Balaban J connectivity index is 2.23. The molecule has 0 aliphatic heterocycles. The van der Waals surface area contributed by atoms with Crippen LogP contribution in [0.15, 0.2) is 40.6 Å². The number of thiophene rings is 1. The molecule has 2 aromatic rings. The minimum Gasteiger partial charge on any atom is -0.495 e. The topological polar surface area (TPSA) is 98.5 Å². The Hall–Kier alpha value is -1.90. The van der Waals surface area contributed by atoms with Crippen molar-refractivity contribution in [3.63, 3.8) is 0 Å². The van der Waals surface area contributed by atoms with Gasteiger partial charge in [0, 0.05) is 4.88 Å². The molecule has 1 aromatic carbocycles. The number of anilines is 1. The van der Waals surface area contributed by atoms with Crippen molar-refractivity contribution in [2.24, 2.45) is 5.14 Å². The number of benzene rings is 1. The maximum Gasteiger partial charge on any atom is 0.238 e. The van der Waals surface area contributed by atoms with Crippen molar-refractivity contribution in [2.45, 2.75) is 11.3 Å². The van der Waals surface area contributed by atoms with Crippen LogP contribution < -0.4 is 15.2 Å². The van der Waals surface area contributed by atoms with Crippen LogP contribution >= 0.6 is 11.3 Å². The van der Waals surface area contributed by atoms with E-state index in [0.717, 1.165) is 4.88 Å². The summed E-state index contributed by atoms with van der Waals surface area (Å²) in [6.45, 7) is 0. The van der Waals surface area contributed by atoms with E-state index in [9.17, 15) is 13.2 Å². The normalized spacial score (nSPS) is 11.1. The number of carbonyl (C=O) groups is 1. The Labute approximate surface area is 126 Å². The number of sulfonamides is 1. The standard InChI is InChI=1S/C13H14N2O4S2/c1-19-12-5-4-10(21(14,17)18)8-11(12)15-13(16)7-9-3-2-6-20-9/h2-6,8H,7H2,1H3,(H,15,16)(H2,14,17,18). The third-order valence-electron chi connectivity index (χ3n) is 2.69. The lowest BCUT2D eigenvalue weighted by atomic mass is 10.2. The number of hydrogen-bond acceptors (Lipinski definition) is 5. The first kappa shape index (κ1) is 15.5. The van der Waals surface area contributed by atoms with E-state index < -0.39 is 10.0 Å². The fraction of sp³-hybridized carbons (Fsp3) is 0.154. The molecule has 0 aliphatic rings. The Morgan fingerprint density at radius 1 is 1.38 bits per heavy atom. The van der Waals surface area contributed by atoms with Gasteiger partial charge in [0.15, 0.2) is 0 Å². The Morgan fingerprint density at radius 2 is 2.14 bits per heavy atom. The van der Waals surface area contributed by atoms with E-state index in [1.54, 1.807) is 0 Å². The van der Waals surface area contributed by atoms with E-state index in [-0.39, 0.29) is 22.9 Å². The molecule has 8 heteroatoms. The van der Waals surface area contributed by atoms with Gasteiger partial charge >= 0.3 is 0 Å². The lowest BCUT2D eigenvalue weighted by molar-refractivity contribution is -0.115. The van der Waals surface area contributed by atoms with Crippen molar-refractivity contribution in [2.75, 3.05) is 12.4 Å². The molecule has 3 N–H and O–H groups in total. The van der Waals surface area contributed by atoms with Crippen LogP contribution in [-0.2, 0) is 21.2 Å². The molecule has 0 fully saturated rings. The summed E-state index contributed by atoms with van der Waals surface area (Å²) in [7, 11) is -2.41. The summed E-state index contributed by atoms with van der Waals surface area (Å²) in [6, 6.07) is 7.75. The Bertz CT molecular complexity index is 740. The molecule has 0 radical (unpaired) electrons. The summed E-state index contributed by atoms with van der Waals surface area (Å²) in [5, 5.41) is 9.59. The van der Waals surface area contributed by atoms with Crippen LogP contribution in [0.4, 0.5) is 5.69 Å². The smallest absolute Gasteiger partial charge is 0.238 e. The number of hydrogen-bond donors (Lipinski definition) is 2. The van der Waals surface area contributed by atoms with Gasteiger partial charge in [0.1, 0.15) is 5.75 Å². The van der Waals surface area contributed by atoms with E-state index in [2.05, 4.69) is 5.32 Å². The molecule has 112 valence electrons. The van der Waals surface area contributed by atoms with E-state index in [1.807, 2.05) is 17.5 Å². The molecule has 0 aliphatic carbocycles. The van der Waals surface area contributed by atoms with Gasteiger partial charge in [-0.25, -0.2) is 13.6 Å². The molecule has 1 aromatic heterocycles. The van der Waals surface area contributed by atoms with Gasteiger partial charge in [-0.1, -0.05) is 6.07 Å². The highest BCUT2D eigenvalue weighted by Gasteiger charge is 2.14. The lowest BCUT2D eigenvalue weighted by Crippen LogP contribution is -2.16. The molecule has 6 nitrogen and oxygen atoms in total. The number of amides is 1. The van der Waals surface area contributed by atoms with Crippen LogP contribution in [0.3, 0.4) is 0 Å². The van der Waals surface area contributed by atoms with E-state index in [4.69, 9.17) is 9.88 Å². The second-order valence-corrected chi connectivity index (χ2v) is 6.81. The van der Waals surface area contributed by atoms with Crippen molar-refractivity contribution < 1.29 is 17.9 Å². The molecule has 1 amide bonds. The highest BCUT2D eigenvalue weighted by molar-refractivity contribution is 7.89. The number of carbonyl (C=O) groups excluding carboxylic acids is 1. The van der Waals surface area contributed by atoms with E-state index in [1.165, 1.54) is 36.6 Å². The van der Waals surface area contributed by atoms with Gasteiger partial charge in [-0.2, -0.15) is 0 Å². The molecule has 0 atom stereocenters. The van der Waals surface area contributed by atoms with Crippen molar-refractivity contribution in [3.05, 3.63) is 40.6 Å². The highest BCUT2D eigenvalue weighted by Crippen LogP contribution is 2.27. The summed E-state index contributed by atoms with van der Waals surface area (Å²) in [6.07, 6.45) is 0.209. The summed E-state index contributed by atoms with van der Waals surface area (Å²) in [4.78, 5) is 12.8. The number of rotatable bonds is 5. The Morgan fingerprint density at radius 3 is 2.71 bits per heavy atom. The third kappa shape index (κ3) is 4.03. The van der Waals surface area contributed by atoms with Crippen molar-refractivity contribution in [1.82, 2.24) is 0 Å². The number of nitrogens with two attached hydrogens (primary N) is 1. The summed E-state index contributed by atoms with van der Waals surface area (Å²) < 4.78 is 27.8. The molecule has 0 spiro atoms. The molecule has 0 saturated heterocycles. The number of primary sulfonamides is 1. The zero-order valence-electron chi connectivity index (χ0n) is 11.2. The molecule has 21 heavy (non-hydrogen) atoms. The van der Waals surface area contributed by atoms with Crippen LogP contribution in [0.25, 0.3) is 0 Å². The quantitative estimate of drug-likeness (QED) is 0.871. The largest absolute Gasteiger partial charge is 0.495 e. The summed E-state index contributed by atoms with van der Waals surface area (Å²) in [5.41, 5.74) is 0.269. The molecular weight excluding hydrogens is 312 g/mol. The zero-order chi connectivity index (χ0) is 15.5. The first-order valence-electron chi connectivity index (χ1n) is 5.93. The molecule has 0 unspecified atom stereocenters. The fourth-order valence-corrected chi connectivity index (χ4v) is 2.97. The molecule has 0 saturated carbocycles. The fourth-order valence-electron chi connectivity index (χ4n) is 1.73. The monoisotopic (exact) mass is 326 g/mol. The SMILES string of the molecule is COc1ccc(S(N)(=O)=O)cc1NC(=O)Cc1cccs1. The average molecular weight is 326 g/mol. The minimum atomic E-state index is -3.84. The van der Waals surface area contributed by atoms with Gasteiger partial charge in [-0.3, -0.25) is 4.79 Å². The van der Waals surface area contributed by atoms with Crippen molar-refractivity contribution in [1.29, 1.82) is 0 Å². The van der Waals surface area contributed by atoms with Crippen LogP contribution in [0.1, 0.15) is 4.88 Å². The zero-order valence-corrected chi connectivity index (χ0v) is 12.8. The molecule has 0 bridgehead atoms. The van der Waals surface area contributed by atoms with Gasteiger partial charge in [0.2, 0.25) is 15.9 Å². The third-order valence-corrected chi connectivity index (χ3v) is 4.48. The van der Waals surface area contributed by atoms with Crippen molar-refractivity contribution in [3.8, 4) is 5.75 Å². The predicted octanol–water partition coefficient (Wildman–Crippen LogP) is 1.59. The maximum absolute atomic E-state index is 12.0. The summed E-state index contributed by atoms with van der Waals surface area (Å²) >= 11 is 1.47. The highest BCUT2D eigenvalue weighted by atomic mass is 32.2. The predicted molar refractivity (Wildman–Crippen MR) is 81.0 cm³/mol. The van der Waals surface area contributed by atoms with Gasteiger partial charge in [0.25, 0.3) is 0 Å². The van der Waals surface area contributed by atoms with Crippen LogP contribution in [0.5, 0.6) is 5.75 Å². The lowest BCUT2D eigenvalue weighted by Gasteiger charge is -2.11. The number of ether oxygens (including phenoxy) is 1. The van der Waals surface area contributed by atoms with Gasteiger partial charge < -0.3 is 10.1 Å². The Kier molecular flexibility index (Phi) is 4.61. The first-order chi connectivity index (χ1) is 9.90. The van der Waals surface area contributed by atoms with E-state index in [0.29, 0.717) is 5.75 Å². The molecule has 2 rings (SSSR count). The van der Waals surface area contributed by atoms with Gasteiger partial charge in [0.05, 0.1) is 24.1 Å². The van der Waals surface area contributed by atoms with Gasteiger partial charge in [-0.05, 0) is 29.6 Å². The van der Waals surface area contributed by atoms with Crippen LogP contribution in [0.2, 0.25) is 0 Å². The molecular formula is C13H14N2O4S2. The average Bonchev–Trinajstić information content (AvgIpc) is 2.90. The van der Waals surface area contributed by atoms with Crippen LogP contribution in [-0.4, -0.2) is 21.4 Å². The number of methoxy groups -OCH3 is 1. The molecule has 1 heterocycles. The van der Waals surface area contributed by atoms with Crippen LogP contribution in [0, 0.1) is 0 Å². The second-order valence-electron chi connectivity index (χ2n) is 4.21. The van der Waals surface area contributed by atoms with E-state index >= 15 is 0 Å². The minimum absolute atomic E-state index is 0.0882.